The van der Waals surface area contributed by atoms with E-state index in [1.807, 2.05) is 0 Å². The highest BCUT2D eigenvalue weighted by atomic mass is 13.8. The van der Waals surface area contributed by atoms with Gasteiger partial charge in [-0.3, -0.25) is 0 Å². The first kappa shape index (κ1) is 10.8. The van der Waals surface area contributed by atoms with E-state index in [2.05, 4.69) is 60.8 Å². The second-order valence-electron chi connectivity index (χ2n) is 3.23. The highest BCUT2D eigenvalue weighted by molar-refractivity contribution is 5.09. The first-order valence-corrected chi connectivity index (χ1v) is 5.28. The molecule has 0 aliphatic heterocycles. The molecular formula is C14H18. The smallest absolute Gasteiger partial charge is 0.0166 e. The Balaban J connectivity index is 2.45. The van der Waals surface area contributed by atoms with E-state index in [-0.39, 0.29) is 0 Å². The fourth-order valence-electron chi connectivity index (χ4n) is 1.21. The molecule has 0 atom stereocenters. The normalized spacial score (nSPS) is 29.7. The second kappa shape index (κ2) is 8.31. The molecule has 0 heterocycles. The Labute approximate surface area is 87.0 Å². The average Bonchev–Trinajstić information content (AvgIpc) is 2.22. The fourth-order valence-corrected chi connectivity index (χ4v) is 1.21. The van der Waals surface area contributed by atoms with Gasteiger partial charge in [0.05, 0.1) is 0 Å². The summed E-state index contributed by atoms with van der Waals surface area (Å²) in [6, 6.07) is 0. The molecule has 1 aliphatic carbocycles. The molecule has 0 radical (unpaired) electrons. The molecule has 14 heavy (non-hydrogen) atoms. The zero-order valence-corrected chi connectivity index (χ0v) is 8.60. The Bertz CT molecular complexity index is 234. The molecule has 0 spiro atoms. The third-order valence-electron chi connectivity index (χ3n) is 1.98. The number of allylic oxidation sites excluding steroid dienone is 10. The minimum atomic E-state index is 1.04. The quantitative estimate of drug-likeness (QED) is 0.494. The first-order valence-electron chi connectivity index (χ1n) is 5.28. The Morgan fingerprint density at radius 1 is 0.429 bits per heavy atom. The van der Waals surface area contributed by atoms with E-state index in [0.717, 1.165) is 25.7 Å². The highest BCUT2D eigenvalue weighted by Crippen LogP contribution is 1.97. The van der Waals surface area contributed by atoms with Gasteiger partial charge in [-0.2, -0.15) is 0 Å². The van der Waals surface area contributed by atoms with E-state index in [0.29, 0.717) is 0 Å². The lowest BCUT2D eigenvalue weighted by molar-refractivity contribution is 1.05. The topological polar surface area (TPSA) is 0 Å². The molecule has 0 fully saturated rings. The van der Waals surface area contributed by atoms with Crippen molar-refractivity contribution in [2.75, 3.05) is 0 Å². The summed E-state index contributed by atoms with van der Waals surface area (Å²) in [5.41, 5.74) is 0. The summed E-state index contributed by atoms with van der Waals surface area (Å²) in [6.07, 6.45) is 26.0. The van der Waals surface area contributed by atoms with E-state index in [1.165, 1.54) is 0 Å². The van der Waals surface area contributed by atoms with Crippen LogP contribution in [0.3, 0.4) is 0 Å². The first-order chi connectivity index (χ1) is 7.00. The minimum Gasteiger partial charge on any atom is -0.0844 e. The third-order valence-corrected chi connectivity index (χ3v) is 1.98. The van der Waals surface area contributed by atoms with Crippen LogP contribution in [0.25, 0.3) is 0 Å². The van der Waals surface area contributed by atoms with E-state index in [9.17, 15) is 0 Å². The molecule has 0 nitrogen and oxygen atoms in total. The molecule has 1 aliphatic rings. The summed E-state index contributed by atoms with van der Waals surface area (Å²) in [4.78, 5) is 0. The summed E-state index contributed by atoms with van der Waals surface area (Å²) in [5.74, 6) is 0. The van der Waals surface area contributed by atoms with Gasteiger partial charge in [0, 0.05) is 0 Å². The monoisotopic (exact) mass is 186 g/mol. The average molecular weight is 186 g/mol. The molecule has 74 valence electrons. The molecule has 1 rings (SSSR count). The van der Waals surface area contributed by atoms with Crippen LogP contribution in [0.15, 0.2) is 60.8 Å². The van der Waals surface area contributed by atoms with Crippen LogP contribution >= 0.6 is 0 Å². The van der Waals surface area contributed by atoms with Crippen molar-refractivity contribution in [1.82, 2.24) is 0 Å². The molecule has 0 aromatic heterocycles. The van der Waals surface area contributed by atoms with Crippen LogP contribution in [0.4, 0.5) is 0 Å². The largest absolute Gasteiger partial charge is 0.0844 e. The van der Waals surface area contributed by atoms with Crippen molar-refractivity contribution in [3.05, 3.63) is 60.8 Å². The van der Waals surface area contributed by atoms with Gasteiger partial charge in [-0.1, -0.05) is 60.8 Å². The summed E-state index contributed by atoms with van der Waals surface area (Å²) in [5, 5.41) is 0. The van der Waals surface area contributed by atoms with Crippen molar-refractivity contribution in [2.45, 2.75) is 25.7 Å². The van der Waals surface area contributed by atoms with Gasteiger partial charge in [-0.05, 0) is 25.7 Å². The van der Waals surface area contributed by atoms with Crippen LogP contribution in [0.2, 0.25) is 0 Å². The van der Waals surface area contributed by atoms with Gasteiger partial charge in [-0.15, -0.1) is 0 Å². The lowest BCUT2D eigenvalue weighted by atomic mass is 10.2. The number of hydrogen-bond donors (Lipinski definition) is 0. The molecule has 0 aromatic carbocycles. The lowest BCUT2D eigenvalue weighted by Crippen LogP contribution is -1.65. The molecule has 0 unspecified atom stereocenters. The molecule has 0 N–H and O–H groups in total. The van der Waals surface area contributed by atoms with Crippen molar-refractivity contribution in [1.29, 1.82) is 0 Å². The van der Waals surface area contributed by atoms with Crippen LogP contribution < -0.4 is 0 Å². The molecular weight excluding hydrogens is 168 g/mol. The van der Waals surface area contributed by atoms with Gasteiger partial charge in [-0.25, -0.2) is 0 Å². The maximum atomic E-state index is 2.21. The van der Waals surface area contributed by atoms with Crippen LogP contribution in [0.5, 0.6) is 0 Å². The van der Waals surface area contributed by atoms with Crippen molar-refractivity contribution in [2.24, 2.45) is 0 Å². The predicted molar refractivity (Wildman–Crippen MR) is 64.2 cm³/mol. The minimum absolute atomic E-state index is 1.04. The molecule has 0 saturated carbocycles. The summed E-state index contributed by atoms with van der Waals surface area (Å²) >= 11 is 0. The Morgan fingerprint density at radius 3 is 1.36 bits per heavy atom. The molecule has 0 saturated heterocycles. The van der Waals surface area contributed by atoms with Crippen LogP contribution in [0, 0.1) is 0 Å². The number of hydrogen-bond acceptors (Lipinski definition) is 0. The van der Waals surface area contributed by atoms with Gasteiger partial charge >= 0.3 is 0 Å². The maximum Gasteiger partial charge on any atom is -0.0166 e. The van der Waals surface area contributed by atoms with Crippen LogP contribution in [-0.2, 0) is 0 Å². The van der Waals surface area contributed by atoms with Crippen molar-refractivity contribution in [3.8, 4) is 0 Å². The predicted octanol–water partition coefficient (Wildman–Crippen LogP) is 4.34. The zero-order valence-electron chi connectivity index (χ0n) is 8.60. The standard InChI is InChI=1S/C14H18/c1-2-4-6-8-10-12-14-13-11-9-7-5-3-1/h1-4,7,9-10,12-14H,5-6,8,11H2/b3-1-,4-2+,9-7-,12-10+,14-13+. The molecule has 0 aromatic rings. The molecule has 0 amide bonds. The van der Waals surface area contributed by atoms with Crippen molar-refractivity contribution in [3.63, 3.8) is 0 Å². The van der Waals surface area contributed by atoms with E-state index >= 15 is 0 Å². The van der Waals surface area contributed by atoms with E-state index < -0.39 is 0 Å². The molecule has 0 heteroatoms. The highest BCUT2D eigenvalue weighted by Gasteiger charge is 1.76. The lowest BCUT2D eigenvalue weighted by Gasteiger charge is -1.86. The third kappa shape index (κ3) is 6.24. The summed E-state index contributed by atoms with van der Waals surface area (Å²) < 4.78 is 0. The fraction of sp³-hybridized carbons (Fsp3) is 0.286. The molecule has 0 bridgehead atoms. The van der Waals surface area contributed by atoms with E-state index in [1.54, 1.807) is 0 Å². The summed E-state index contributed by atoms with van der Waals surface area (Å²) in [6.45, 7) is 0. The maximum absolute atomic E-state index is 2.21. The Kier molecular flexibility index (Phi) is 6.39. The van der Waals surface area contributed by atoms with Crippen molar-refractivity contribution >= 4 is 0 Å². The summed E-state index contributed by atoms with van der Waals surface area (Å²) in [7, 11) is 0. The Morgan fingerprint density at radius 2 is 0.857 bits per heavy atom. The van der Waals surface area contributed by atoms with Gasteiger partial charge in [0.25, 0.3) is 0 Å². The van der Waals surface area contributed by atoms with Gasteiger partial charge < -0.3 is 0 Å². The number of rotatable bonds is 0. The second-order valence-corrected chi connectivity index (χ2v) is 3.23. The van der Waals surface area contributed by atoms with E-state index in [4.69, 9.17) is 0 Å². The van der Waals surface area contributed by atoms with Crippen LogP contribution in [-0.4, -0.2) is 0 Å². The van der Waals surface area contributed by atoms with Crippen molar-refractivity contribution < 1.29 is 0 Å². The van der Waals surface area contributed by atoms with Gasteiger partial charge in [0.2, 0.25) is 0 Å². The van der Waals surface area contributed by atoms with Gasteiger partial charge in [0.1, 0.15) is 0 Å². The SMILES string of the molecule is C1=C\C/C=C\C/C=C/C=C/CC/C=C/1. The van der Waals surface area contributed by atoms with Crippen LogP contribution in [0.1, 0.15) is 25.7 Å². The Hall–Kier alpha value is -1.30. The van der Waals surface area contributed by atoms with Gasteiger partial charge in [0.15, 0.2) is 0 Å². The zero-order chi connectivity index (χ0) is 9.90.